The monoisotopic (exact) mass is 297 g/mol. The number of rotatable bonds is 5. The number of hydrogen-bond donors (Lipinski definition) is 1. The normalized spacial score (nSPS) is 16.3. The average molecular weight is 297 g/mol. The van der Waals surface area contributed by atoms with E-state index in [0.29, 0.717) is 12.2 Å². The summed E-state index contributed by atoms with van der Waals surface area (Å²) < 4.78 is 4.83. The van der Waals surface area contributed by atoms with Crippen LogP contribution in [-0.2, 0) is 16.1 Å². The van der Waals surface area contributed by atoms with Gasteiger partial charge in [-0.05, 0) is 18.6 Å². The lowest BCUT2D eigenvalue weighted by atomic mass is 10.2. The molecule has 1 aromatic carbocycles. The van der Waals surface area contributed by atoms with Gasteiger partial charge in [-0.3, -0.25) is 0 Å². The van der Waals surface area contributed by atoms with Crippen LogP contribution in [0.25, 0.3) is 0 Å². The fraction of sp³-hybridized carbons (Fsp3) is 0.294. The summed E-state index contributed by atoms with van der Waals surface area (Å²) in [4.78, 5) is 13.5. The zero-order chi connectivity index (χ0) is 15.8. The molecule has 0 aromatic heterocycles. The molecule has 1 aliphatic rings. The van der Waals surface area contributed by atoms with Crippen molar-refractivity contribution in [3.05, 3.63) is 59.4 Å². The Morgan fingerprint density at radius 1 is 1.41 bits per heavy atom. The topological polar surface area (TPSA) is 65.4 Å². The number of carbonyl (C=O) groups is 1. The fourth-order valence-electron chi connectivity index (χ4n) is 2.27. The lowest BCUT2D eigenvalue weighted by molar-refractivity contribution is -0.137. The molecule has 0 unspecified atom stereocenters. The highest BCUT2D eigenvalue weighted by Gasteiger charge is 2.19. The maximum absolute atomic E-state index is 11.4. The van der Waals surface area contributed by atoms with E-state index < -0.39 is 5.97 Å². The van der Waals surface area contributed by atoms with Crippen LogP contribution < -0.4 is 5.32 Å². The Bertz CT molecular complexity index is 615. The van der Waals surface area contributed by atoms with Crippen molar-refractivity contribution in [1.82, 2.24) is 10.2 Å². The molecule has 0 radical (unpaired) electrons. The highest BCUT2D eigenvalue weighted by Crippen LogP contribution is 2.17. The van der Waals surface area contributed by atoms with Gasteiger partial charge in [0.1, 0.15) is 11.9 Å². The Balaban J connectivity index is 2.15. The van der Waals surface area contributed by atoms with E-state index in [2.05, 4.69) is 28.4 Å². The first-order valence-electron chi connectivity index (χ1n) is 7.26. The molecule has 5 heteroatoms. The Morgan fingerprint density at radius 3 is 2.86 bits per heavy atom. The second-order valence-corrected chi connectivity index (χ2v) is 4.79. The maximum Gasteiger partial charge on any atom is 0.330 e. The first kappa shape index (κ1) is 15.6. The summed E-state index contributed by atoms with van der Waals surface area (Å²) in [7, 11) is 0. The Labute approximate surface area is 130 Å². The summed E-state index contributed by atoms with van der Waals surface area (Å²) in [5.74, 6) is 0.315. The van der Waals surface area contributed by atoms with E-state index in [1.54, 1.807) is 6.92 Å². The number of allylic oxidation sites excluding steroid dienone is 2. The minimum Gasteiger partial charge on any atom is -0.463 e. The predicted molar refractivity (Wildman–Crippen MR) is 83.3 cm³/mol. The largest absolute Gasteiger partial charge is 0.463 e. The molecule has 0 spiro atoms. The summed E-state index contributed by atoms with van der Waals surface area (Å²) in [5.41, 5.74) is 1.61. The molecular weight excluding hydrogens is 278 g/mol. The van der Waals surface area contributed by atoms with Gasteiger partial charge in [-0.15, -0.1) is 0 Å². The van der Waals surface area contributed by atoms with Crippen LogP contribution in [-0.4, -0.2) is 30.6 Å². The highest BCUT2D eigenvalue weighted by molar-refractivity contribution is 5.82. The second kappa shape index (κ2) is 7.89. The van der Waals surface area contributed by atoms with Crippen LogP contribution in [0.2, 0.25) is 0 Å². The van der Waals surface area contributed by atoms with Crippen LogP contribution >= 0.6 is 0 Å². The van der Waals surface area contributed by atoms with Crippen LogP contribution in [0, 0.1) is 11.3 Å². The summed E-state index contributed by atoms with van der Waals surface area (Å²) in [6.07, 6.45) is 2.79. The number of ether oxygens (including phenoxy) is 1. The Morgan fingerprint density at radius 2 is 2.18 bits per heavy atom. The van der Waals surface area contributed by atoms with E-state index in [4.69, 9.17) is 4.74 Å². The van der Waals surface area contributed by atoms with Crippen LogP contribution in [0.3, 0.4) is 0 Å². The SMILES string of the molecule is CCOC(=O)/C=C/C(C#N)=C1/NCCN1Cc1ccccc1. The van der Waals surface area contributed by atoms with E-state index in [9.17, 15) is 10.1 Å². The van der Waals surface area contributed by atoms with Crippen molar-refractivity contribution < 1.29 is 9.53 Å². The summed E-state index contributed by atoms with van der Waals surface area (Å²) in [5, 5.41) is 12.5. The highest BCUT2D eigenvalue weighted by atomic mass is 16.5. The predicted octanol–water partition coefficient (Wildman–Crippen LogP) is 1.95. The number of nitrogens with one attached hydrogen (secondary N) is 1. The number of nitrogens with zero attached hydrogens (tertiary/aromatic N) is 2. The zero-order valence-electron chi connectivity index (χ0n) is 12.6. The standard InChI is InChI=1S/C17H19N3O2/c1-2-22-16(21)9-8-15(12-18)17-19-10-11-20(17)13-14-6-4-3-5-7-14/h3-9,19H,2,10-11,13H2,1H3/b9-8+,17-15+. The van der Waals surface area contributed by atoms with Gasteiger partial charge in [-0.25, -0.2) is 4.79 Å². The minimum atomic E-state index is -0.441. The van der Waals surface area contributed by atoms with E-state index in [-0.39, 0.29) is 0 Å². The number of carbonyl (C=O) groups excluding carboxylic acids is 1. The third kappa shape index (κ3) is 4.13. The second-order valence-electron chi connectivity index (χ2n) is 4.79. The number of benzene rings is 1. The Kier molecular flexibility index (Phi) is 5.61. The van der Waals surface area contributed by atoms with Crippen molar-refractivity contribution in [2.45, 2.75) is 13.5 Å². The summed E-state index contributed by atoms with van der Waals surface area (Å²) in [6.45, 7) is 4.39. The van der Waals surface area contributed by atoms with E-state index in [1.165, 1.54) is 17.7 Å². The molecule has 114 valence electrons. The first-order valence-corrected chi connectivity index (χ1v) is 7.26. The van der Waals surface area contributed by atoms with Gasteiger partial charge < -0.3 is 15.0 Å². The Hall–Kier alpha value is -2.74. The van der Waals surface area contributed by atoms with Gasteiger partial charge in [0.15, 0.2) is 0 Å². The molecule has 1 saturated heterocycles. The van der Waals surface area contributed by atoms with Gasteiger partial charge in [0.25, 0.3) is 0 Å². The van der Waals surface area contributed by atoms with Gasteiger partial charge in [-0.2, -0.15) is 5.26 Å². The lowest BCUT2D eigenvalue weighted by Crippen LogP contribution is -2.21. The number of esters is 1. The molecule has 0 aliphatic carbocycles. The molecule has 1 aliphatic heterocycles. The minimum absolute atomic E-state index is 0.319. The van der Waals surface area contributed by atoms with E-state index in [1.807, 2.05) is 18.2 Å². The van der Waals surface area contributed by atoms with Gasteiger partial charge in [0, 0.05) is 25.7 Å². The lowest BCUT2D eigenvalue weighted by Gasteiger charge is -2.19. The fourth-order valence-corrected chi connectivity index (χ4v) is 2.27. The maximum atomic E-state index is 11.4. The van der Waals surface area contributed by atoms with Crippen molar-refractivity contribution in [3.8, 4) is 6.07 Å². The molecule has 0 atom stereocenters. The molecule has 0 bridgehead atoms. The van der Waals surface area contributed by atoms with Crippen LogP contribution in [0.4, 0.5) is 0 Å². The van der Waals surface area contributed by atoms with Gasteiger partial charge in [0.05, 0.1) is 12.2 Å². The third-order valence-corrected chi connectivity index (χ3v) is 3.25. The zero-order valence-corrected chi connectivity index (χ0v) is 12.6. The van der Waals surface area contributed by atoms with Crippen molar-refractivity contribution in [3.63, 3.8) is 0 Å². The number of nitriles is 1. The van der Waals surface area contributed by atoms with Gasteiger partial charge in [0.2, 0.25) is 0 Å². The van der Waals surface area contributed by atoms with Crippen molar-refractivity contribution in [2.24, 2.45) is 0 Å². The van der Waals surface area contributed by atoms with Crippen molar-refractivity contribution in [1.29, 1.82) is 5.26 Å². The van der Waals surface area contributed by atoms with E-state index >= 15 is 0 Å². The quantitative estimate of drug-likeness (QED) is 0.511. The first-order chi connectivity index (χ1) is 10.7. The molecule has 1 heterocycles. The molecule has 0 saturated carbocycles. The average Bonchev–Trinajstić information content (AvgIpc) is 2.97. The molecule has 2 rings (SSSR count). The van der Waals surface area contributed by atoms with Crippen LogP contribution in [0.1, 0.15) is 12.5 Å². The summed E-state index contributed by atoms with van der Waals surface area (Å²) in [6, 6.07) is 12.2. The third-order valence-electron chi connectivity index (χ3n) is 3.25. The summed E-state index contributed by atoms with van der Waals surface area (Å²) >= 11 is 0. The molecule has 5 nitrogen and oxygen atoms in total. The molecule has 22 heavy (non-hydrogen) atoms. The van der Waals surface area contributed by atoms with Gasteiger partial charge >= 0.3 is 5.97 Å². The van der Waals surface area contributed by atoms with Crippen molar-refractivity contribution >= 4 is 5.97 Å². The van der Waals surface area contributed by atoms with Gasteiger partial charge in [-0.1, -0.05) is 30.3 Å². The van der Waals surface area contributed by atoms with Crippen LogP contribution in [0.5, 0.6) is 0 Å². The van der Waals surface area contributed by atoms with E-state index in [0.717, 1.165) is 25.5 Å². The molecular formula is C17H19N3O2. The molecule has 1 fully saturated rings. The molecule has 0 amide bonds. The number of hydrogen-bond acceptors (Lipinski definition) is 5. The van der Waals surface area contributed by atoms with Crippen molar-refractivity contribution in [2.75, 3.05) is 19.7 Å². The molecule has 1 N–H and O–H groups in total. The van der Waals surface area contributed by atoms with Crippen LogP contribution in [0.15, 0.2) is 53.9 Å². The molecule has 1 aromatic rings. The smallest absolute Gasteiger partial charge is 0.330 e.